The van der Waals surface area contributed by atoms with E-state index in [0.717, 1.165) is 17.8 Å². The summed E-state index contributed by atoms with van der Waals surface area (Å²) in [5.41, 5.74) is 8.95. The number of hydrogen-bond donors (Lipinski definition) is 1. The van der Waals surface area contributed by atoms with Crippen LogP contribution in [0.3, 0.4) is 0 Å². The lowest BCUT2D eigenvalue weighted by atomic mass is 9.53. The van der Waals surface area contributed by atoms with Gasteiger partial charge >= 0.3 is 0 Å². The molecule has 0 amide bonds. The molecule has 162 valence electrons. The highest BCUT2D eigenvalue weighted by molar-refractivity contribution is 6.25. The first-order valence-electron chi connectivity index (χ1n) is 12.8. The Morgan fingerprint density at radius 1 is 0.758 bits per heavy atom. The number of nitrogens with one attached hydrogen (secondary N) is 1. The number of aromatic nitrogens is 1. The minimum atomic E-state index is 0.194. The van der Waals surface area contributed by atoms with Gasteiger partial charge in [0.05, 0.1) is 0 Å². The Kier molecular flexibility index (Phi) is 3.50. The lowest BCUT2D eigenvalue weighted by Crippen LogP contribution is -2.44. The van der Waals surface area contributed by atoms with E-state index in [1.54, 1.807) is 11.1 Å². The summed E-state index contributed by atoms with van der Waals surface area (Å²) < 4.78 is 0. The molecule has 4 atom stereocenters. The molecule has 3 aliphatic carbocycles. The van der Waals surface area contributed by atoms with Crippen molar-refractivity contribution in [1.82, 2.24) is 4.98 Å². The fourth-order valence-electron chi connectivity index (χ4n) is 8.37. The molecule has 8 rings (SSSR count). The molecule has 4 unspecified atom stereocenters. The fourth-order valence-corrected chi connectivity index (χ4v) is 8.37. The van der Waals surface area contributed by atoms with Gasteiger partial charge in [-0.05, 0) is 95.0 Å². The number of rotatable bonds is 0. The van der Waals surface area contributed by atoms with Crippen LogP contribution in [-0.4, -0.2) is 4.98 Å². The molecule has 3 aliphatic rings. The van der Waals surface area contributed by atoms with Crippen LogP contribution in [0.2, 0.25) is 0 Å². The van der Waals surface area contributed by atoms with E-state index in [1.807, 2.05) is 0 Å². The van der Waals surface area contributed by atoms with Crippen LogP contribution in [-0.2, 0) is 5.41 Å². The summed E-state index contributed by atoms with van der Waals surface area (Å²) in [5, 5.41) is 5.53. The fraction of sp³-hybridized carbons (Fsp3) is 0.312. The summed E-state index contributed by atoms with van der Waals surface area (Å²) >= 11 is 0. The standard InChI is InChI=1S/C32H29N/c1-19-16-20-14-15-32(22(17-19)18-20)25-9-5-4-8-24(25)29-26(32)11-13-28-31(29)30-23-7-3-2-6-21(23)10-12-27(30)33-28/h2-13,19-20,22,33H,14-18H2,1H3. The van der Waals surface area contributed by atoms with Gasteiger partial charge in [0, 0.05) is 27.2 Å². The van der Waals surface area contributed by atoms with Gasteiger partial charge < -0.3 is 4.98 Å². The Balaban J connectivity index is 1.53. The minimum absolute atomic E-state index is 0.194. The quantitative estimate of drug-likeness (QED) is 0.255. The molecule has 2 fully saturated rings. The van der Waals surface area contributed by atoms with Crippen LogP contribution >= 0.6 is 0 Å². The van der Waals surface area contributed by atoms with E-state index < -0.39 is 0 Å². The maximum Gasteiger partial charge on any atom is 0.0471 e. The van der Waals surface area contributed by atoms with Gasteiger partial charge in [-0.3, -0.25) is 0 Å². The number of benzene rings is 4. The third-order valence-corrected chi connectivity index (χ3v) is 9.50. The average molecular weight is 428 g/mol. The van der Waals surface area contributed by atoms with Crippen molar-refractivity contribution in [3.05, 3.63) is 83.9 Å². The molecule has 5 aromatic rings. The summed E-state index contributed by atoms with van der Waals surface area (Å²) in [5.74, 6) is 2.55. The van der Waals surface area contributed by atoms with E-state index >= 15 is 0 Å². The molecule has 1 aromatic heterocycles. The SMILES string of the molecule is CC1CC2CCC3(c4ccccc4-c4c3ccc3[nH]c5ccc6ccccc6c5c43)C(C1)C2. The second-order valence-electron chi connectivity index (χ2n) is 11.2. The van der Waals surface area contributed by atoms with Gasteiger partial charge in [0.15, 0.2) is 0 Å². The van der Waals surface area contributed by atoms with Gasteiger partial charge in [-0.2, -0.15) is 0 Å². The summed E-state index contributed by atoms with van der Waals surface area (Å²) in [6, 6.07) is 27.7. The van der Waals surface area contributed by atoms with Gasteiger partial charge in [0.25, 0.3) is 0 Å². The van der Waals surface area contributed by atoms with Crippen molar-refractivity contribution in [3.63, 3.8) is 0 Å². The molecule has 1 N–H and O–H groups in total. The lowest BCUT2D eigenvalue weighted by Gasteiger charge is -2.50. The highest BCUT2D eigenvalue weighted by Gasteiger charge is 2.53. The predicted molar refractivity (Wildman–Crippen MR) is 139 cm³/mol. The Labute approximate surface area is 194 Å². The molecule has 0 radical (unpaired) electrons. The number of aromatic amines is 1. The van der Waals surface area contributed by atoms with Crippen LogP contribution in [0.15, 0.2) is 72.8 Å². The molecular formula is C32H29N. The third kappa shape index (κ3) is 2.24. The van der Waals surface area contributed by atoms with Gasteiger partial charge in [-0.25, -0.2) is 0 Å². The second-order valence-corrected chi connectivity index (χ2v) is 11.2. The Bertz CT molecular complexity index is 1590. The molecule has 1 heteroatoms. The number of hydrogen-bond acceptors (Lipinski definition) is 0. The smallest absolute Gasteiger partial charge is 0.0471 e. The summed E-state index contributed by atoms with van der Waals surface area (Å²) in [7, 11) is 0. The van der Waals surface area contributed by atoms with Gasteiger partial charge in [0.2, 0.25) is 0 Å². The van der Waals surface area contributed by atoms with Crippen molar-refractivity contribution in [2.24, 2.45) is 17.8 Å². The molecule has 2 saturated carbocycles. The van der Waals surface area contributed by atoms with Gasteiger partial charge in [-0.15, -0.1) is 0 Å². The molecule has 0 saturated heterocycles. The summed E-state index contributed by atoms with van der Waals surface area (Å²) in [6.45, 7) is 2.49. The highest BCUT2D eigenvalue weighted by atomic mass is 14.7. The summed E-state index contributed by atoms with van der Waals surface area (Å²) in [4.78, 5) is 3.77. The monoisotopic (exact) mass is 427 g/mol. The van der Waals surface area contributed by atoms with E-state index in [1.165, 1.54) is 75.8 Å². The zero-order chi connectivity index (χ0) is 21.7. The van der Waals surface area contributed by atoms with Crippen LogP contribution in [0.25, 0.3) is 43.7 Å². The van der Waals surface area contributed by atoms with E-state index in [9.17, 15) is 0 Å². The van der Waals surface area contributed by atoms with Crippen LogP contribution in [0.1, 0.15) is 50.2 Å². The van der Waals surface area contributed by atoms with Crippen molar-refractivity contribution in [1.29, 1.82) is 0 Å². The van der Waals surface area contributed by atoms with Crippen molar-refractivity contribution >= 4 is 32.6 Å². The highest BCUT2D eigenvalue weighted by Crippen LogP contribution is 2.63. The van der Waals surface area contributed by atoms with E-state index in [-0.39, 0.29) is 5.41 Å². The number of fused-ring (bicyclic) bond motifs is 14. The molecule has 2 bridgehead atoms. The molecule has 1 heterocycles. The van der Waals surface area contributed by atoms with E-state index in [0.29, 0.717) is 0 Å². The molecule has 33 heavy (non-hydrogen) atoms. The van der Waals surface area contributed by atoms with E-state index in [4.69, 9.17) is 0 Å². The molecule has 1 spiro atoms. The van der Waals surface area contributed by atoms with Gasteiger partial charge in [0.1, 0.15) is 0 Å². The first-order chi connectivity index (χ1) is 16.2. The van der Waals surface area contributed by atoms with Crippen molar-refractivity contribution in [2.45, 2.75) is 44.4 Å². The predicted octanol–water partition coefficient (Wildman–Crippen LogP) is 8.59. The second kappa shape index (κ2) is 6.29. The van der Waals surface area contributed by atoms with Crippen LogP contribution in [0.4, 0.5) is 0 Å². The largest absolute Gasteiger partial charge is 0.354 e. The number of H-pyrrole nitrogens is 1. The maximum absolute atomic E-state index is 3.77. The van der Waals surface area contributed by atoms with Crippen LogP contribution in [0.5, 0.6) is 0 Å². The molecular weight excluding hydrogens is 398 g/mol. The first kappa shape index (κ1) is 18.4. The Hall–Kier alpha value is -3.06. The van der Waals surface area contributed by atoms with Crippen LogP contribution < -0.4 is 0 Å². The van der Waals surface area contributed by atoms with Crippen molar-refractivity contribution in [3.8, 4) is 11.1 Å². The molecule has 0 aliphatic heterocycles. The lowest BCUT2D eigenvalue weighted by molar-refractivity contribution is 0.0856. The Morgan fingerprint density at radius 2 is 1.58 bits per heavy atom. The minimum Gasteiger partial charge on any atom is -0.354 e. The zero-order valence-corrected chi connectivity index (χ0v) is 19.2. The molecule has 1 nitrogen and oxygen atoms in total. The third-order valence-electron chi connectivity index (χ3n) is 9.50. The normalized spacial score (nSPS) is 28.0. The van der Waals surface area contributed by atoms with E-state index in [2.05, 4.69) is 84.7 Å². The average Bonchev–Trinajstić information content (AvgIpc) is 3.36. The maximum atomic E-state index is 3.77. The van der Waals surface area contributed by atoms with Crippen molar-refractivity contribution in [2.75, 3.05) is 0 Å². The first-order valence-corrected chi connectivity index (χ1v) is 12.8. The zero-order valence-electron chi connectivity index (χ0n) is 19.2. The Morgan fingerprint density at radius 3 is 2.55 bits per heavy atom. The summed E-state index contributed by atoms with van der Waals surface area (Å²) in [6.07, 6.45) is 6.91. The topological polar surface area (TPSA) is 15.8 Å². The molecule has 4 aromatic carbocycles. The van der Waals surface area contributed by atoms with Crippen LogP contribution in [0, 0.1) is 17.8 Å². The van der Waals surface area contributed by atoms with Crippen molar-refractivity contribution < 1.29 is 0 Å². The van der Waals surface area contributed by atoms with Gasteiger partial charge in [-0.1, -0.05) is 67.6 Å².